The highest BCUT2D eigenvalue weighted by Crippen LogP contribution is 2.38. The number of aryl methyl sites for hydroxylation is 3. The van der Waals surface area contributed by atoms with Crippen molar-refractivity contribution in [1.29, 1.82) is 0 Å². The van der Waals surface area contributed by atoms with Gasteiger partial charge >= 0.3 is 5.97 Å². The van der Waals surface area contributed by atoms with Gasteiger partial charge in [-0.1, -0.05) is 0 Å². The molecule has 29 heavy (non-hydrogen) atoms. The number of thiophene rings is 1. The lowest BCUT2D eigenvalue weighted by atomic mass is 9.96. The quantitative estimate of drug-likeness (QED) is 0.606. The van der Waals surface area contributed by atoms with Crippen molar-refractivity contribution in [2.75, 3.05) is 31.2 Å². The Kier molecular flexibility index (Phi) is 5.04. The molecule has 0 radical (unpaired) electrons. The van der Waals surface area contributed by atoms with Crippen LogP contribution in [0.3, 0.4) is 0 Å². The van der Waals surface area contributed by atoms with Gasteiger partial charge in [-0.2, -0.15) is 5.10 Å². The van der Waals surface area contributed by atoms with Gasteiger partial charge in [0.1, 0.15) is 27.0 Å². The average Bonchev–Trinajstić information content (AvgIpc) is 3.25. The Morgan fingerprint density at radius 1 is 1.38 bits per heavy atom. The Balaban J connectivity index is 1.77. The first-order chi connectivity index (χ1) is 13.8. The molecule has 4 heterocycles. The minimum atomic E-state index is -0.494. The zero-order valence-electron chi connectivity index (χ0n) is 17.4. The second-order valence-corrected chi connectivity index (χ2v) is 8.45. The van der Waals surface area contributed by atoms with Crippen molar-refractivity contribution in [2.45, 2.75) is 33.3 Å². The topological polar surface area (TPSA) is 82.4 Å². The molecule has 0 aliphatic carbocycles. The van der Waals surface area contributed by atoms with Crippen LogP contribution in [-0.2, 0) is 22.1 Å². The molecule has 0 spiro atoms. The van der Waals surface area contributed by atoms with Crippen LogP contribution in [0.4, 0.5) is 5.82 Å². The van der Waals surface area contributed by atoms with E-state index in [1.54, 1.807) is 4.68 Å². The summed E-state index contributed by atoms with van der Waals surface area (Å²) in [6.45, 7) is 9.96. The van der Waals surface area contributed by atoms with Crippen molar-refractivity contribution in [2.24, 2.45) is 7.05 Å². The van der Waals surface area contributed by atoms with Gasteiger partial charge in [-0.25, -0.2) is 14.8 Å². The SMILES string of the molecule is CCOC(=O)c1sc2nc(C)nc(N3CCOC(C)(c4cnn(C)c4)C3)c2c1C. The highest BCUT2D eigenvalue weighted by atomic mass is 32.1. The number of morpholine rings is 1. The molecule has 1 saturated heterocycles. The summed E-state index contributed by atoms with van der Waals surface area (Å²) in [6.07, 6.45) is 3.83. The molecule has 3 aromatic rings. The third-order valence-electron chi connectivity index (χ3n) is 5.23. The molecule has 1 atom stereocenters. The second-order valence-electron chi connectivity index (χ2n) is 7.45. The number of nitrogens with zero attached hydrogens (tertiary/aromatic N) is 5. The molecule has 1 unspecified atom stereocenters. The number of fused-ring (bicyclic) bond motifs is 1. The summed E-state index contributed by atoms with van der Waals surface area (Å²) in [5.41, 5.74) is 1.40. The summed E-state index contributed by atoms with van der Waals surface area (Å²) in [5, 5.41) is 5.21. The van der Waals surface area contributed by atoms with Crippen LogP contribution in [0, 0.1) is 13.8 Å². The van der Waals surface area contributed by atoms with E-state index >= 15 is 0 Å². The highest BCUT2D eigenvalue weighted by Gasteiger charge is 2.36. The van der Waals surface area contributed by atoms with Crippen LogP contribution in [0.25, 0.3) is 10.2 Å². The molecule has 1 fully saturated rings. The van der Waals surface area contributed by atoms with Gasteiger partial charge < -0.3 is 14.4 Å². The Labute approximate surface area is 173 Å². The molecule has 1 aliphatic rings. The van der Waals surface area contributed by atoms with Crippen LogP contribution < -0.4 is 4.90 Å². The van der Waals surface area contributed by atoms with Crippen LogP contribution in [0.15, 0.2) is 12.4 Å². The van der Waals surface area contributed by atoms with Gasteiger partial charge in [0.2, 0.25) is 0 Å². The Morgan fingerprint density at radius 2 is 2.17 bits per heavy atom. The van der Waals surface area contributed by atoms with Gasteiger partial charge in [0.15, 0.2) is 0 Å². The highest BCUT2D eigenvalue weighted by molar-refractivity contribution is 7.20. The number of carbonyl (C=O) groups excluding carboxylic acids is 1. The maximum atomic E-state index is 12.4. The van der Waals surface area contributed by atoms with Crippen molar-refractivity contribution >= 4 is 33.3 Å². The number of anilines is 1. The van der Waals surface area contributed by atoms with E-state index in [2.05, 4.69) is 21.9 Å². The van der Waals surface area contributed by atoms with Gasteiger partial charge in [0, 0.05) is 25.4 Å². The fourth-order valence-corrected chi connectivity index (χ4v) is 4.88. The summed E-state index contributed by atoms with van der Waals surface area (Å²) in [4.78, 5) is 25.4. The minimum absolute atomic E-state index is 0.307. The summed E-state index contributed by atoms with van der Waals surface area (Å²) in [5.74, 6) is 1.22. The van der Waals surface area contributed by atoms with Crippen LogP contribution in [0.5, 0.6) is 0 Å². The number of rotatable bonds is 4. The Hall–Kier alpha value is -2.52. The lowest BCUT2D eigenvalue weighted by molar-refractivity contribution is -0.0467. The maximum Gasteiger partial charge on any atom is 0.348 e. The standard InChI is InChI=1S/C20H25N5O3S/c1-6-27-19(26)16-12(2)15-17(22-13(3)23-18(15)29-16)25-7-8-28-20(4,11-25)14-9-21-24(5)10-14/h9-10H,6-8,11H2,1-5H3. The molecule has 8 nitrogen and oxygen atoms in total. The molecule has 0 aromatic carbocycles. The predicted octanol–water partition coefficient (Wildman–Crippen LogP) is 2.97. The van der Waals surface area contributed by atoms with E-state index in [9.17, 15) is 4.79 Å². The van der Waals surface area contributed by atoms with Crippen molar-refractivity contribution in [3.63, 3.8) is 0 Å². The zero-order valence-corrected chi connectivity index (χ0v) is 18.2. The monoisotopic (exact) mass is 415 g/mol. The van der Waals surface area contributed by atoms with Crippen molar-refractivity contribution < 1.29 is 14.3 Å². The molecule has 0 amide bonds. The van der Waals surface area contributed by atoms with Crippen LogP contribution in [-0.4, -0.2) is 52.0 Å². The van der Waals surface area contributed by atoms with Crippen molar-refractivity contribution in [1.82, 2.24) is 19.7 Å². The van der Waals surface area contributed by atoms with Crippen LogP contribution in [0.2, 0.25) is 0 Å². The number of carbonyl (C=O) groups is 1. The van der Waals surface area contributed by atoms with Gasteiger partial charge in [-0.15, -0.1) is 11.3 Å². The van der Waals surface area contributed by atoms with Crippen molar-refractivity contribution in [3.8, 4) is 0 Å². The normalized spacial score (nSPS) is 19.7. The van der Waals surface area contributed by atoms with Crippen LogP contribution in [0.1, 0.15) is 40.5 Å². The maximum absolute atomic E-state index is 12.4. The van der Waals surface area contributed by atoms with E-state index in [1.807, 2.05) is 40.2 Å². The molecule has 0 saturated carbocycles. The van der Waals surface area contributed by atoms with E-state index < -0.39 is 5.60 Å². The van der Waals surface area contributed by atoms with Crippen molar-refractivity contribution in [3.05, 3.63) is 34.2 Å². The molecular formula is C20H25N5O3S. The largest absolute Gasteiger partial charge is 0.462 e. The fraction of sp³-hybridized carbons (Fsp3) is 0.500. The van der Waals surface area contributed by atoms with Gasteiger partial charge in [0.05, 0.1) is 31.3 Å². The summed E-state index contributed by atoms with van der Waals surface area (Å²) in [7, 11) is 1.90. The minimum Gasteiger partial charge on any atom is -0.462 e. The second kappa shape index (κ2) is 7.38. The Morgan fingerprint density at radius 3 is 2.86 bits per heavy atom. The summed E-state index contributed by atoms with van der Waals surface area (Å²) in [6, 6.07) is 0. The smallest absolute Gasteiger partial charge is 0.348 e. The zero-order chi connectivity index (χ0) is 20.8. The molecule has 154 valence electrons. The van der Waals surface area contributed by atoms with E-state index in [1.165, 1.54) is 11.3 Å². The average molecular weight is 416 g/mol. The van der Waals surface area contributed by atoms with Gasteiger partial charge in [0.25, 0.3) is 0 Å². The number of esters is 1. The molecule has 0 bridgehead atoms. The first-order valence-corrected chi connectivity index (χ1v) is 10.5. The molecular weight excluding hydrogens is 390 g/mol. The van der Waals surface area contributed by atoms with Gasteiger partial charge in [-0.05, 0) is 33.3 Å². The lowest BCUT2D eigenvalue weighted by Gasteiger charge is -2.41. The third kappa shape index (κ3) is 3.49. The van der Waals surface area contributed by atoms with Crippen LogP contribution >= 0.6 is 11.3 Å². The first-order valence-electron chi connectivity index (χ1n) is 9.65. The first kappa shape index (κ1) is 19.8. The molecule has 3 aromatic heterocycles. The number of aromatic nitrogens is 4. The molecule has 1 aliphatic heterocycles. The van der Waals surface area contributed by atoms with E-state index in [-0.39, 0.29) is 5.97 Å². The third-order valence-corrected chi connectivity index (χ3v) is 6.40. The molecule has 0 N–H and O–H groups in total. The number of ether oxygens (including phenoxy) is 2. The molecule has 9 heteroatoms. The summed E-state index contributed by atoms with van der Waals surface area (Å²) >= 11 is 1.37. The number of hydrogen-bond acceptors (Lipinski definition) is 8. The van der Waals surface area contributed by atoms with Gasteiger partial charge in [-0.3, -0.25) is 4.68 Å². The Bertz CT molecular complexity index is 1080. The lowest BCUT2D eigenvalue weighted by Crippen LogP contribution is -2.48. The van der Waals surface area contributed by atoms with E-state index in [4.69, 9.17) is 14.5 Å². The molecule has 4 rings (SSSR count). The van der Waals surface area contributed by atoms with E-state index in [0.29, 0.717) is 37.0 Å². The van der Waals surface area contributed by atoms with E-state index in [0.717, 1.165) is 27.2 Å². The summed E-state index contributed by atoms with van der Waals surface area (Å²) < 4.78 is 13.2. The number of hydrogen-bond donors (Lipinski definition) is 0. The predicted molar refractivity (Wildman–Crippen MR) is 112 cm³/mol. The fourth-order valence-electron chi connectivity index (χ4n) is 3.76.